The zero-order chi connectivity index (χ0) is 45.3. The Bertz CT molecular complexity index is 1830. The highest BCUT2D eigenvalue weighted by Crippen LogP contribution is 2.30. The fraction of sp³-hybridized carbons (Fsp3) is 0.400. The van der Waals surface area contributed by atoms with Gasteiger partial charge in [0, 0.05) is 29.2 Å². The summed E-state index contributed by atoms with van der Waals surface area (Å²) in [6.07, 6.45) is 0. The van der Waals surface area contributed by atoms with Gasteiger partial charge in [-0.2, -0.15) is 0 Å². The second-order valence-corrected chi connectivity index (χ2v) is 19.3. The second kappa shape index (κ2) is 30.2. The molecule has 0 atom stereocenters. The van der Waals surface area contributed by atoms with E-state index in [9.17, 15) is 0 Å². The molecule has 0 spiro atoms. The second-order valence-electron chi connectivity index (χ2n) is 15.5. The van der Waals surface area contributed by atoms with E-state index in [-0.39, 0.29) is 52.9 Å². The minimum Gasteiger partial charge on any atom is -0.493 e. The van der Waals surface area contributed by atoms with Crippen LogP contribution in [-0.4, -0.2) is 86.4 Å². The molecule has 0 heterocycles. The molecule has 5 aromatic carbocycles. The maximum Gasteiger partial charge on any atom is 0.119 e. The van der Waals surface area contributed by atoms with Crippen molar-refractivity contribution >= 4 is 113 Å². The van der Waals surface area contributed by atoms with Gasteiger partial charge in [0.1, 0.15) is 61.8 Å². The molecule has 0 aliphatic carbocycles. The number of halogens is 5. The highest BCUT2D eigenvalue weighted by atomic mass is 127. The van der Waals surface area contributed by atoms with Crippen LogP contribution >= 0.6 is 113 Å². The molecule has 5 rings (SSSR count). The highest BCUT2D eigenvalue weighted by Gasteiger charge is 2.39. The number of ether oxygens (including phenoxy) is 9. The van der Waals surface area contributed by atoms with Crippen molar-refractivity contribution in [3.8, 4) is 28.7 Å². The van der Waals surface area contributed by atoms with E-state index in [0.717, 1.165) is 50.9 Å². The van der Waals surface area contributed by atoms with Gasteiger partial charge in [-0.25, -0.2) is 0 Å². The van der Waals surface area contributed by atoms with Gasteiger partial charge in [-0.05, 0) is 88.5 Å². The molecule has 0 amide bonds. The average molecular weight is 1440 g/mol. The van der Waals surface area contributed by atoms with Crippen molar-refractivity contribution in [2.24, 2.45) is 10.8 Å². The van der Waals surface area contributed by atoms with Gasteiger partial charge in [-0.15, -0.1) is 0 Å². The molecule has 0 radical (unpaired) electrons. The first-order valence-corrected chi connectivity index (χ1v) is 28.6. The van der Waals surface area contributed by atoms with E-state index in [1.54, 1.807) is 7.11 Å². The number of rotatable bonds is 32. The Balaban J connectivity index is 1.46. The number of hydrogen-bond acceptors (Lipinski definition) is 9. The number of benzene rings is 5. The molecule has 9 nitrogen and oxygen atoms in total. The van der Waals surface area contributed by atoms with E-state index in [1.807, 2.05) is 60.7 Å². The monoisotopic (exact) mass is 1440 g/mol. The Morgan fingerprint density at radius 2 is 0.531 bits per heavy atom. The largest absolute Gasteiger partial charge is 0.493 e. The topological polar surface area (TPSA) is 83.1 Å². The molecule has 0 aliphatic heterocycles. The fourth-order valence-electron chi connectivity index (χ4n) is 6.19. The van der Waals surface area contributed by atoms with Crippen molar-refractivity contribution < 1.29 is 42.6 Å². The molecule has 0 unspecified atom stereocenters. The van der Waals surface area contributed by atoms with Crippen LogP contribution in [0.3, 0.4) is 0 Å². The lowest BCUT2D eigenvalue weighted by Gasteiger charge is -2.36. The lowest BCUT2D eigenvalue weighted by molar-refractivity contribution is -0.103. The minimum absolute atomic E-state index is 0.229. The zero-order valence-electron chi connectivity index (χ0n) is 36.1. The van der Waals surface area contributed by atoms with Gasteiger partial charge in [0.15, 0.2) is 0 Å². The molecule has 346 valence electrons. The quantitative estimate of drug-likeness (QED) is 0.0237. The third kappa shape index (κ3) is 18.9. The van der Waals surface area contributed by atoms with Crippen molar-refractivity contribution in [3.05, 3.63) is 149 Å². The average Bonchev–Trinajstić information content (AvgIpc) is 3.35. The van der Waals surface area contributed by atoms with Gasteiger partial charge in [-0.1, -0.05) is 174 Å². The maximum atomic E-state index is 6.97. The summed E-state index contributed by atoms with van der Waals surface area (Å²) in [5, 5.41) is 0. The van der Waals surface area contributed by atoms with Crippen LogP contribution in [0.15, 0.2) is 121 Å². The molecule has 0 saturated heterocycles. The lowest BCUT2D eigenvalue weighted by atomic mass is 9.90. The van der Waals surface area contributed by atoms with Crippen molar-refractivity contribution in [1.82, 2.24) is 0 Å². The molecule has 14 heteroatoms. The van der Waals surface area contributed by atoms with Crippen LogP contribution in [0.1, 0.15) is 27.8 Å². The number of methoxy groups -OCH3 is 1. The van der Waals surface area contributed by atoms with Gasteiger partial charge in [0.05, 0.1) is 57.1 Å². The number of alkyl halides is 5. The first-order chi connectivity index (χ1) is 31.3. The summed E-state index contributed by atoms with van der Waals surface area (Å²) in [5.74, 6) is 3.79. The molecule has 0 fully saturated rings. The SMILES string of the molecule is COCCOCCOCC(COCC(COc1ccc(CI)cc1)(COc1ccc(CI)cc1)COc1ccc(CI)cc1)(COc1ccc(CI)cc1)COc1ccc(CI)cc1. The van der Waals surface area contributed by atoms with Crippen molar-refractivity contribution in [2.45, 2.75) is 22.1 Å². The molecule has 64 heavy (non-hydrogen) atoms. The van der Waals surface area contributed by atoms with E-state index < -0.39 is 10.8 Å². The first-order valence-electron chi connectivity index (χ1n) is 20.9. The third-order valence-corrected chi connectivity index (χ3v) is 14.5. The normalized spacial score (nSPS) is 11.7. The lowest BCUT2D eigenvalue weighted by Crippen LogP contribution is -2.48. The summed E-state index contributed by atoms with van der Waals surface area (Å²) < 4.78 is 61.9. The molecule has 0 aliphatic rings. The zero-order valence-corrected chi connectivity index (χ0v) is 46.9. The fourth-order valence-corrected chi connectivity index (χ4v) is 8.73. The Kier molecular flexibility index (Phi) is 25.2. The highest BCUT2D eigenvalue weighted by molar-refractivity contribution is 14.1. The van der Waals surface area contributed by atoms with Crippen LogP contribution in [0.5, 0.6) is 28.7 Å². The van der Waals surface area contributed by atoms with E-state index in [4.69, 9.17) is 42.6 Å². The van der Waals surface area contributed by atoms with E-state index in [2.05, 4.69) is 174 Å². The standard InChI is InChI=1S/C50H57I5O9/c1-56-22-23-57-24-25-58-31-49(34-60-44-12-2-39(26-51)3-13-44,35-61-45-14-4-40(27-52)5-15-45)32-59-33-50(36-62-46-16-6-41(28-53)7-17-46,37-63-47-18-8-42(29-54)9-19-47)38-64-48-20-10-43(30-55)11-21-48/h2-21H,22-38H2,1H3. The van der Waals surface area contributed by atoms with Crippen molar-refractivity contribution in [3.63, 3.8) is 0 Å². The van der Waals surface area contributed by atoms with Gasteiger partial charge in [-0.3, -0.25) is 0 Å². The van der Waals surface area contributed by atoms with E-state index in [0.29, 0.717) is 26.4 Å². The summed E-state index contributed by atoms with van der Waals surface area (Å²) >= 11 is 11.9. The van der Waals surface area contributed by atoms with Gasteiger partial charge in [0.2, 0.25) is 0 Å². The summed E-state index contributed by atoms with van der Waals surface area (Å²) in [4.78, 5) is 0. The van der Waals surface area contributed by atoms with Crippen LogP contribution in [0.2, 0.25) is 0 Å². The predicted molar refractivity (Wildman–Crippen MR) is 298 cm³/mol. The maximum absolute atomic E-state index is 6.97. The third-order valence-electron chi connectivity index (χ3n) is 10.1. The van der Waals surface area contributed by atoms with E-state index in [1.165, 1.54) is 27.8 Å². The molecule has 0 N–H and O–H groups in total. The van der Waals surface area contributed by atoms with Gasteiger partial charge in [0.25, 0.3) is 0 Å². The first kappa shape index (κ1) is 53.5. The van der Waals surface area contributed by atoms with Crippen molar-refractivity contribution in [1.29, 1.82) is 0 Å². The molecule has 0 aromatic heterocycles. The number of hydrogen-bond donors (Lipinski definition) is 0. The molecule has 0 saturated carbocycles. The van der Waals surface area contributed by atoms with Crippen LogP contribution in [0.25, 0.3) is 0 Å². The van der Waals surface area contributed by atoms with Crippen LogP contribution < -0.4 is 23.7 Å². The van der Waals surface area contributed by atoms with Crippen molar-refractivity contribution in [2.75, 3.05) is 86.4 Å². The Hall–Kier alpha value is -1.41. The smallest absolute Gasteiger partial charge is 0.119 e. The Morgan fingerprint density at radius 3 is 0.797 bits per heavy atom. The summed E-state index contributed by atoms with van der Waals surface area (Å²) in [6.45, 7) is 3.85. The molecule has 0 bridgehead atoms. The minimum atomic E-state index is -0.778. The summed E-state index contributed by atoms with van der Waals surface area (Å²) in [6, 6.07) is 41.1. The van der Waals surface area contributed by atoms with Crippen LogP contribution in [0, 0.1) is 10.8 Å². The van der Waals surface area contributed by atoms with Gasteiger partial charge < -0.3 is 42.6 Å². The molecular weight excluding hydrogens is 1380 g/mol. The summed E-state index contributed by atoms with van der Waals surface area (Å²) in [7, 11) is 1.66. The van der Waals surface area contributed by atoms with E-state index >= 15 is 0 Å². The molecular formula is C50H57I5O9. The predicted octanol–water partition coefficient (Wildman–Crippen LogP) is 12.7. The van der Waals surface area contributed by atoms with Crippen LogP contribution in [-0.2, 0) is 41.1 Å². The Labute approximate surface area is 447 Å². The van der Waals surface area contributed by atoms with Crippen LogP contribution in [0.4, 0.5) is 0 Å². The summed E-state index contributed by atoms with van der Waals surface area (Å²) in [5.41, 5.74) is 4.60. The molecule has 5 aromatic rings. The Morgan fingerprint density at radius 1 is 0.297 bits per heavy atom. The van der Waals surface area contributed by atoms with Gasteiger partial charge >= 0.3 is 0 Å².